The Morgan fingerprint density at radius 1 is 0.963 bits per heavy atom. The van der Waals surface area contributed by atoms with E-state index in [1.165, 1.54) is 31.4 Å². The molecule has 0 amide bonds. The van der Waals surface area contributed by atoms with Crippen molar-refractivity contribution in [1.29, 1.82) is 0 Å². The molecule has 0 aliphatic carbocycles. The van der Waals surface area contributed by atoms with Crippen molar-refractivity contribution in [1.82, 2.24) is 0 Å². The standard InChI is InChI=1S/C23H19F3O/c1-3-4-5-15-6-8-16(9-7-15)21(24)22(25)18-10-12-19-17(14-18)11-13-20(27-2)23(19)26/h3,6-14H,1,4-5H2,2H3. The van der Waals surface area contributed by atoms with Gasteiger partial charge in [-0.3, -0.25) is 0 Å². The van der Waals surface area contributed by atoms with Crippen molar-refractivity contribution in [2.75, 3.05) is 7.11 Å². The Labute approximate surface area is 156 Å². The molecule has 3 aromatic carbocycles. The first-order valence-corrected chi connectivity index (χ1v) is 8.57. The highest BCUT2D eigenvalue weighted by molar-refractivity contribution is 5.91. The number of halogens is 3. The number of benzene rings is 3. The summed E-state index contributed by atoms with van der Waals surface area (Å²) in [6.45, 7) is 3.67. The minimum Gasteiger partial charge on any atom is -0.494 e. The topological polar surface area (TPSA) is 9.23 Å². The highest BCUT2D eigenvalue weighted by Gasteiger charge is 2.14. The van der Waals surface area contributed by atoms with Crippen LogP contribution >= 0.6 is 0 Å². The van der Waals surface area contributed by atoms with E-state index in [1.54, 1.807) is 30.3 Å². The molecular formula is C23H19F3O. The predicted octanol–water partition coefficient (Wildman–Crippen LogP) is 6.87. The molecule has 0 saturated heterocycles. The van der Waals surface area contributed by atoms with Crippen molar-refractivity contribution in [3.05, 3.63) is 89.8 Å². The maximum atomic E-state index is 14.7. The van der Waals surface area contributed by atoms with E-state index in [0.29, 0.717) is 5.39 Å². The summed E-state index contributed by atoms with van der Waals surface area (Å²) in [7, 11) is 1.37. The summed E-state index contributed by atoms with van der Waals surface area (Å²) >= 11 is 0. The van der Waals surface area contributed by atoms with Crippen molar-refractivity contribution in [2.24, 2.45) is 0 Å². The first-order chi connectivity index (χ1) is 13.0. The van der Waals surface area contributed by atoms with E-state index < -0.39 is 17.5 Å². The van der Waals surface area contributed by atoms with E-state index in [-0.39, 0.29) is 22.3 Å². The lowest BCUT2D eigenvalue weighted by Crippen LogP contribution is -1.91. The van der Waals surface area contributed by atoms with Crippen LogP contribution in [0.25, 0.3) is 22.4 Å². The van der Waals surface area contributed by atoms with Gasteiger partial charge in [0.05, 0.1) is 7.11 Å². The molecule has 0 radical (unpaired) electrons. The van der Waals surface area contributed by atoms with Gasteiger partial charge in [-0.1, -0.05) is 48.5 Å². The monoisotopic (exact) mass is 368 g/mol. The smallest absolute Gasteiger partial charge is 0.172 e. The molecule has 0 atom stereocenters. The van der Waals surface area contributed by atoms with Gasteiger partial charge in [0, 0.05) is 16.5 Å². The Hall–Kier alpha value is -3.01. The van der Waals surface area contributed by atoms with Crippen molar-refractivity contribution < 1.29 is 17.9 Å². The molecule has 1 nitrogen and oxygen atoms in total. The van der Waals surface area contributed by atoms with Gasteiger partial charge in [0.1, 0.15) is 0 Å². The molecule has 0 aliphatic rings. The Kier molecular flexibility index (Phi) is 5.65. The van der Waals surface area contributed by atoms with Gasteiger partial charge in [-0.15, -0.1) is 6.58 Å². The number of allylic oxidation sites excluding steroid dienone is 1. The van der Waals surface area contributed by atoms with E-state index in [4.69, 9.17) is 4.74 Å². The van der Waals surface area contributed by atoms with Crippen molar-refractivity contribution in [3.63, 3.8) is 0 Å². The third-order valence-corrected chi connectivity index (χ3v) is 4.43. The quantitative estimate of drug-likeness (QED) is 0.341. The third kappa shape index (κ3) is 3.90. The zero-order valence-electron chi connectivity index (χ0n) is 14.9. The third-order valence-electron chi connectivity index (χ3n) is 4.43. The summed E-state index contributed by atoms with van der Waals surface area (Å²) in [5.74, 6) is -2.35. The Morgan fingerprint density at radius 3 is 2.30 bits per heavy atom. The number of rotatable bonds is 6. The molecule has 0 aromatic heterocycles. The molecule has 3 aromatic rings. The fraction of sp³-hybridized carbons (Fsp3) is 0.130. The van der Waals surface area contributed by atoms with Gasteiger partial charge in [0.15, 0.2) is 23.2 Å². The first kappa shape index (κ1) is 18.8. The first-order valence-electron chi connectivity index (χ1n) is 8.57. The summed E-state index contributed by atoms with van der Waals surface area (Å²) in [5.41, 5.74) is 1.25. The van der Waals surface area contributed by atoms with Crippen LogP contribution in [-0.2, 0) is 6.42 Å². The second-order valence-corrected chi connectivity index (χ2v) is 6.17. The maximum absolute atomic E-state index is 14.7. The number of aryl methyl sites for hydroxylation is 1. The molecule has 0 aliphatic heterocycles. The Bertz CT molecular complexity index is 1000. The molecule has 0 heterocycles. The van der Waals surface area contributed by atoms with Crippen LogP contribution < -0.4 is 4.74 Å². The molecule has 27 heavy (non-hydrogen) atoms. The molecule has 3 rings (SSSR count). The molecule has 0 N–H and O–H groups in total. The number of hydrogen-bond acceptors (Lipinski definition) is 1. The van der Waals surface area contributed by atoms with Crippen molar-refractivity contribution in [3.8, 4) is 5.75 Å². The molecule has 0 fully saturated rings. The van der Waals surface area contributed by atoms with Gasteiger partial charge in [0.2, 0.25) is 0 Å². The van der Waals surface area contributed by atoms with Crippen LogP contribution in [0.15, 0.2) is 67.3 Å². The Morgan fingerprint density at radius 2 is 1.63 bits per heavy atom. The highest BCUT2D eigenvalue weighted by Crippen LogP contribution is 2.33. The second kappa shape index (κ2) is 8.12. The fourth-order valence-electron chi connectivity index (χ4n) is 2.91. The van der Waals surface area contributed by atoms with Crippen LogP contribution in [0.3, 0.4) is 0 Å². The molecule has 0 spiro atoms. The average molecular weight is 368 g/mol. The number of fused-ring (bicyclic) bond motifs is 1. The van der Waals surface area contributed by atoms with E-state index in [2.05, 4.69) is 6.58 Å². The number of hydrogen-bond donors (Lipinski definition) is 0. The normalized spacial score (nSPS) is 12.0. The summed E-state index contributed by atoms with van der Waals surface area (Å²) in [4.78, 5) is 0. The van der Waals surface area contributed by atoms with Gasteiger partial charge >= 0.3 is 0 Å². The predicted molar refractivity (Wildman–Crippen MR) is 104 cm³/mol. The summed E-state index contributed by atoms with van der Waals surface area (Å²) in [6, 6.07) is 13.9. The summed E-state index contributed by atoms with van der Waals surface area (Å²) in [6.07, 6.45) is 3.44. The number of ether oxygens (including phenoxy) is 1. The van der Waals surface area contributed by atoms with Crippen LogP contribution in [0.1, 0.15) is 23.1 Å². The van der Waals surface area contributed by atoms with Crippen LogP contribution in [0.2, 0.25) is 0 Å². The molecule has 4 heteroatoms. The minimum absolute atomic E-state index is 0.0558. The second-order valence-electron chi connectivity index (χ2n) is 6.17. The molecule has 0 saturated carbocycles. The molecule has 138 valence electrons. The van der Waals surface area contributed by atoms with Gasteiger partial charge in [-0.05, 0) is 35.9 Å². The zero-order valence-corrected chi connectivity index (χ0v) is 14.9. The van der Waals surface area contributed by atoms with E-state index >= 15 is 0 Å². The van der Waals surface area contributed by atoms with Crippen molar-refractivity contribution >= 4 is 22.4 Å². The van der Waals surface area contributed by atoms with Gasteiger partial charge in [-0.25, -0.2) is 13.2 Å². The van der Waals surface area contributed by atoms with E-state index in [9.17, 15) is 13.2 Å². The van der Waals surface area contributed by atoms with E-state index in [0.717, 1.165) is 18.4 Å². The maximum Gasteiger partial charge on any atom is 0.172 e. The van der Waals surface area contributed by atoms with Crippen LogP contribution in [0.5, 0.6) is 5.75 Å². The number of methoxy groups -OCH3 is 1. The lowest BCUT2D eigenvalue weighted by molar-refractivity contribution is 0.389. The molecule has 0 bridgehead atoms. The lowest BCUT2D eigenvalue weighted by Gasteiger charge is -2.08. The SMILES string of the molecule is C=CCCc1ccc(C(F)=C(F)c2ccc3c(F)c(OC)ccc3c2)cc1. The highest BCUT2D eigenvalue weighted by atomic mass is 19.2. The van der Waals surface area contributed by atoms with Crippen LogP contribution in [-0.4, -0.2) is 7.11 Å². The Balaban J connectivity index is 1.95. The van der Waals surface area contributed by atoms with E-state index in [1.807, 2.05) is 6.08 Å². The van der Waals surface area contributed by atoms with Crippen LogP contribution in [0.4, 0.5) is 13.2 Å². The minimum atomic E-state index is -0.980. The van der Waals surface area contributed by atoms with Crippen LogP contribution in [0, 0.1) is 5.82 Å². The average Bonchev–Trinajstić information content (AvgIpc) is 2.71. The van der Waals surface area contributed by atoms with Gasteiger partial charge in [0.25, 0.3) is 0 Å². The zero-order chi connectivity index (χ0) is 19.4. The van der Waals surface area contributed by atoms with Crippen molar-refractivity contribution in [2.45, 2.75) is 12.8 Å². The largest absolute Gasteiger partial charge is 0.494 e. The van der Waals surface area contributed by atoms with Gasteiger partial charge in [-0.2, -0.15) is 0 Å². The molecular weight excluding hydrogens is 349 g/mol. The molecule has 0 unspecified atom stereocenters. The summed E-state index contributed by atoms with van der Waals surface area (Å²) < 4.78 is 48.4. The summed E-state index contributed by atoms with van der Waals surface area (Å²) in [5, 5.41) is 0.756. The fourth-order valence-corrected chi connectivity index (χ4v) is 2.91. The lowest BCUT2D eigenvalue weighted by atomic mass is 10.0. The van der Waals surface area contributed by atoms with Gasteiger partial charge < -0.3 is 4.74 Å².